The van der Waals surface area contributed by atoms with Crippen LogP contribution in [0, 0.1) is 0 Å². The van der Waals surface area contributed by atoms with Crippen molar-refractivity contribution < 1.29 is 9.84 Å². The van der Waals surface area contributed by atoms with Gasteiger partial charge in [0.25, 0.3) is 0 Å². The molecule has 0 aromatic heterocycles. The van der Waals surface area contributed by atoms with Gasteiger partial charge in [0.05, 0.1) is 5.56 Å². The van der Waals surface area contributed by atoms with Crippen molar-refractivity contribution in [2.24, 2.45) is 0 Å². The van der Waals surface area contributed by atoms with E-state index in [4.69, 9.17) is 4.74 Å². The minimum Gasteiger partial charge on any atom is -0.507 e. The second-order valence-corrected chi connectivity index (χ2v) is 8.05. The van der Waals surface area contributed by atoms with Crippen molar-refractivity contribution in [1.29, 1.82) is 0 Å². The number of ether oxygens (including phenoxy) is 1. The smallest absolute Gasteiger partial charge is 0.136 e. The molecular weight excluding hydrogens is 298 g/mol. The molecule has 0 spiro atoms. The number of hydrogen-bond donors (Lipinski definition) is 1. The van der Waals surface area contributed by atoms with Crippen LogP contribution in [0.3, 0.4) is 0 Å². The summed E-state index contributed by atoms with van der Waals surface area (Å²) in [7, 11) is 0. The van der Waals surface area contributed by atoms with Crippen LogP contribution < -0.4 is 4.74 Å². The predicted octanol–water partition coefficient (Wildman–Crippen LogP) is 4.88. The fraction of sp³-hybridized carbons (Fsp3) is 0.619. The quantitative estimate of drug-likeness (QED) is 0.840. The van der Waals surface area contributed by atoms with Gasteiger partial charge in [-0.2, -0.15) is 0 Å². The van der Waals surface area contributed by atoms with E-state index in [0.29, 0.717) is 5.75 Å². The number of phenolic OH excluding ortho intramolecular Hbond substituents is 1. The summed E-state index contributed by atoms with van der Waals surface area (Å²) in [5.41, 5.74) is 4.91. The average Bonchev–Trinajstić information content (AvgIpc) is 2.58. The minimum atomic E-state index is -0.257. The molecule has 0 radical (unpaired) electrons. The summed E-state index contributed by atoms with van der Waals surface area (Å²) in [4.78, 5) is 2.46. The molecule has 0 unspecified atom stereocenters. The Morgan fingerprint density at radius 1 is 1.04 bits per heavy atom. The molecule has 3 heteroatoms. The first-order chi connectivity index (χ1) is 11.6. The third-order valence-electron chi connectivity index (χ3n) is 5.94. The van der Waals surface area contributed by atoms with Gasteiger partial charge in [-0.25, -0.2) is 0 Å². The summed E-state index contributed by atoms with van der Waals surface area (Å²) in [5.74, 6) is 1.32. The monoisotopic (exact) mass is 327 g/mol. The van der Waals surface area contributed by atoms with Crippen LogP contribution in [0.2, 0.25) is 0 Å². The first-order valence-corrected chi connectivity index (χ1v) is 9.55. The molecule has 1 aliphatic carbocycles. The highest BCUT2D eigenvalue weighted by atomic mass is 16.5. The number of likely N-dealkylation sites (tertiary alicyclic amines) is 1. The van der Waals surface area contributed by atoms with Gasteiger partial charge in [-0.05, 0) is 88.7 Å². The highest BCUT2D eigenvalue weighted by Gasteiger charge is 2.37. The molecule has 130 valence electrons. The van der Waals surface area contributed by atoms with Gasteiger partial charge in [0, 0.05) is 12.1 Å². The highest BCUT2D eigenvalue weighted by Crippen LogP contribution is 2.50. The van der Waals surface area contributed by atoms with Crippen LogP contribution >= 0.6 is 0 Å². The standard InChI is InChI=1S/C21H29NO2/c1-21(2)18-9-5-4-8-15(18)16-10-11-19(23)17(20(16)24-21)14-22-12-6-3-7-13-22/h10-11,23H,3-9,12-14H2,1-2H3. The van der Waals surface area contributed by atoms with Crippen LogP contribution in [0.5, 0.6) is 11.5 Å². The predicted molar refractivity (Wildman–Crippen MR) is 97.3 cm³/mol. The van der Waals surface area contributed by atoms with Gasteiger partial charge >= 0.3 is 0 Å². The van der Waals surface area contributed by atoms with E-state index in [1.54, 1.807) is 0 Å². The van der Waals surface area contributed by atoms with E-state index in [2.05, 4.69) is 24.8 Å². The van der Waals surface area contributed by atoms with E-state index in [0.717, 1.165) is 43.8 Å². The number of aromatic hydroxyl groups is 1. The van der Waals surface area contributed by atoms with Gasteiger partial charge in [0.2, 0.25) is 0 Å². The Kier molecular flexibility index (Phi) is 4.07. The molecule has 1 aromatic rings. The Labute approximate surface area is 145 Å². The summed E-state index contributed by atoms with van der Waals surface area (Å²) < 4.78 is 6.50. The second kappa shape index (κ2) is 6.11. The number of nitrogens with zero attached hydrogens (tertiary/aromatic N) is 1. The van der Waals surface area contributed by atoms with E-state index in [-0.39, 0.29) is 5.60 Å². The Hall–Kier alpha value is -1.48. The van der Waals surface area contributed by atoms with Crippen LogP contribution in [0.15, 0.2) is 17.7 Å². The lowest BCUT2D eigenvalue weighted by Gasteiger charge is -2.40. The van der Waals surface area contributed by atoms with E-state index in [1.807, 2.05) is 6.07 Å². The molecule has 0 saturated carbocycles. The van der Waals surface area contributed by atoms with Gasteiger partial charge in [0.1, 0.15) is 17.1 Å². The summed E-state index contributed by atoms with van der Waals surface area (Å²) in [5, 5.41) is 10.5. The lowest BCUT2D eigenvalue weighted by Crippen LogP contribution is -2.37. The van der Waals surface area contributed by atoms with Gasteiger partial charge < -0.3 is 9.84 Å². The van der Waals surface area contributed by atoms with Crippen LogP contribution in [0.4, 0.5) is 0 Å². The number of rotatable bonds is 2. The minimum absolute atomic E-state index is 0.257. The van der Waals surface area contributed by atoms with Crippen LogP contribution in [0.1, 0.15) is 69.9 Å². The maximum absolute atomic E-state index is 10.5. The summed E-state index contributed by atoms with van der Waals surface area (Å²) in [6.07, 6.45) is 8.66. The molecule has 2 aliphatic heterocycles. The SMILES string of the molecule is CC1(C)Oc2c(ccc(O)c2CN2CCCCC2)C2=C1CCCC2. The van der Waals surface area contributed by atoms with Gasteiger partial charge in [0.15, 0.2) is 0 Å². The number of fused-ring (bicyclic) bond motifs is 2. The normalized spacial score (nSPS) is 23.4. The van der Waals surface area contributed by atoms with Crippen molar-refractivity contribution in [3.63, 3.8) is 0 Å². The number of hydrogen-bond acceptors (Lipinski definition) is 3. The Morgan fingerprint density at radius 2 is 1.79 bits per heavy atom. The Bertz CT molecular complexity index is 669. The van der Waals surface area contributed by atoms with E-state index >= 15 is 0 Å². The van der Waals surface area contributed by atoms with Crippen molar-refractivity contribution >= 4 is 5.57 Å². The van der Waals surface area contributed by atoms with Crippen molar-refractivity contribution in [3.8, 4) is 11.5 Å². The van der Waals surface area contributed by atoms with E-state index in [9.17, 15) is 5.11 Å². The molecule has 0 bridgehead atoms. The van der Waals surface area contributed by atoms with Crippen molar-refractivity contribution in [2.75, 3.05) is 13.1 Å². The lowest BCUT2D eigenvalue weighted by atomic mass is 9.77. The highest BCUT2D eigenvalue weighted by molar-refractivity contribution is 5.79. The molecule has 24 heavy (non-hydrogen) atoms. The fourth-order valence-corrected chi connectivity index (χ4v) is 4.65. The van der Waals surface area contributed by atoms with Gasteiger partial charge in [-0.3, -0.25) is 4.90 Å². The second-order valence-electron chi connectivity index (χ2n) is 8.05. The largest absolute Gasteiger partial charge is 0.507 e. The molecule has 2 heterocycles. The molecule has 1 N–H and O–H groups in total. The molecule has 4 rings (SSSR count). The Morgan fingerprint density at radius 3 is 2.58 bits per heavy atom. The van der Waals surface area contributed by atoms with E-state index in [1.165, 1.54) is 48.8 Å². The molecule has 1 fully saturated rings. The summed E-state index contributed by atoms with van der Waals surface area (Å²) >= 11 is 0. The maximum Gasteiger partial charge on any atom is 0.136 e. The zero-order valence-electron chi connectivity index (χ0n) is 15.0. The summed E-state index contributed by atoms with van der Waals surface area (Å²) in [6.45, 7) is 7.42. The Balaban J connectivity index is 1.76. The lowest BCUT2D eigenvalue weighted by molar-refractivity contribution is 0.131. The summed E-state index contributed by atoms with van der Waals surface area (Å²) in [6, 6.07) is 3.94. The van der Waals surface area contributed by atoms with Crippen LogP contribution in [-0.4, -0.2) is 28.7 Å². The average molecular weight is 327 g/mol. The molecule has 0 amide bonds. The van der Waals surface area contributed by atoms with Gasteiger partial charge in [-0.1, -0.05) is 6.42 Å². The van der Waals surface area contributed by atoms with E-state index < -0.39 is 0 Å². The number of benzene rings is 1. The van der Waals surface area contributed by atoms with Crippen molar-refractivity contribution in [1.82, 2.24) is 4.90 Å². The van der Waals surface area contributed by atoms with Crippen LogP contribution in [-0.2, 0) is 6.54 Å². The zero-order valence-corrected chi connectivity index (χ0v) is 15.0. The number of allylic oxidation sites excluding steroid dienone is 1. The molecule has 0 atom stereocenters. The van der Waals surface area contributed by atoms with Crippen molar-refractivity contribution in [3.05, 3.63) is 28.8 Å². The number of piperidine rings is 1. The first-order valence-electron chi connectivity index (χ1n) is 9.55. The molecule has 3 aliphatic rings. The maximum atomic E-state index is 10.5. The third kappa shape index (κ3) is 2.73. The number of phenols is 1. The third-order valence-corrected chi connectivity index (χ3v) is 5.94. The fourth-order valence-electron chi connectivity index (χ4n) is 4.65. The topological polar surface area (TPSA) is 32.7 Å². The molecular formula is C21H29NO2. The van der Waals surface area contributed by atoms with Crippen molar-refractivity contribution in [2.45, 2.75) is 70.9 Å². The molecule has 3 nitrogen and oxygen atoms in total. The zero-order chi connectivity index (χ0) is 16.7. The molecule has 1 aromatic carbocycles. The molecule has 1 saturated heterocycles. The first kappa shape index (κ1) is 16.0. The van der Waals surface area contributed by atoms with Gasteiger partial charge in [-0.15, -0.1) is 0 Å². The van der Waals surface area contributed by atoms with Crippen LogP contribution in [0.25, 0.3) is 5.57 Å².